The van der Waals surface area contributed by atoms with Crippen molar-refractivity contribution in [3.05, 3.63) is 102 Å². The number of nitrogens with one attached hydrogen (secondary N) is 3. The van der Waals surface area contributed by atoms with Gasteiger partial charge in [-0.3, -0.25) is 14.4 Å². The Bertz CT molecular complexity index is 1300. The molecule has 3 amide bonds. The van der Waals surface area contributed by atoms with Gasteiger partial charge in [-0.2, -0.15) is 13.2 Å². The van der Waals surface area contributed by atoms with Crippen LogP contribution in [-0.2, 0) is 11.0 Å². The molecule has 0 bridgehead atoms. The molecule has 0 saturated heterocycles. The van der Waals surface area contributed by atoms with E-state index in [2.05, 4.69) is 16.0 Å². The molecular formula is C25H22F3N5O3. The highest BCUT2D eigenvalue weighted by molar-refractivity contribution is 6.03. The van der Waals surface area contributed by atoms with Crippen LogP contribution in [0.4, 0.5) is 18.9 Å². The van der Waals surface area contributed by atoms with Gasteiger partial charge in [-0.1, -0.05) is 36.4 Å². The zero-order valence-corrected chi connectivity index (χ0v) is 18.8. The summed E-state index contributed by atoms with van der Waals surface area (Å²) in [5, 5.41) is 8.16. The molecule has 186 valence electrons. The fraction of sp³-hybridized carbons (Fsp3) is 0.160. The first-order chi connectivity index (χ1) is 17.1. The Hall–Kier alpha value is -4.54. The van der Waals surface area contributed by atoms with E-state index in [1.807, 2.05) is 0 Å². The molecule has 11 heteroatoms. The monoisotopic (exact) mass is 497 g/mol. The van der Waals surface area contributed by atoms with Crippen molar-refractivity contribution in [2.75, 3.05) is 11.6 Å². The first-order valence-electron chi connectivity index (χ1n) is 10.9. The summed E-state index contributed by atoms with van der Waals surface area (Å²) in [6, 6.07) is 10.8. The van der Waals surface area contributed by atoms with E-state index in [-0.39, 0.29) is 35.7 Å². The Balaban J connectivity index is 1.59. The lowest BCUT2D eigenvalue weighted by Crippen LogP contribution is -2.58. The summed E-state index contributed by atoms with van der Waals surface area (Å²) < 4.78 is 40.7. The predicted molar refractivity (Wildman–Crippen MR) is 126 cm³/mol. The van der Waals surface area contributed by atoms with Crippen LogP contribution in [0.2, 0.25) is 0 Å². The van der Waals surface area contributed by atoms with Gasteiger partial charge in [-0.25, -0.2) is 0 Å². The molecule has 1 heterocycles. The Morgan fingerprint density at radius 3 is 2.47 bits per heavy atom. The second-order valence-electron chi connectivity index (χ2n) is 8.15. The van der Waals surface area contributed by atoms with E-state index >= 15 is 0 Å². The molecule has 5 N–H and O–H groups in total. The van der Waals surface area contributed by atoms with E-state index < -0.39 is 35.0 Å². The Morgan fingerprint density at radius 2 is 1.78 bits per heavy atom. The van der Waals surface area contributed by atoms with Crippen LogP contribution in [0.5, 0.6) is 0 Å². The van der Waals surface area contributed by atoms with Crippen LogP contribution in [-0.4, -0.2) is 29.9 Å². The summed E-state index contributed by atoms with van der Waals surface area (Å²) in [7, 11) is 0. The molecule has 1 atom stereocenters. The highest BCUT2D eigenvalue weighted by Crippen LogP contribution is 2.37. The Labute approximate surface area is 204 Å². The average Bonchev–Trinajstić information content (AvgIpc) is 3.32. The molecule has 1 aliphatic carbocycles. The third kappa shape index (κ3) is 4.95. The number of hydrogen-bond acceptors (Lipinski definition) is 5. The summed E-state index contributed by atoms with van der Waals surface area (Å²) in [6.07, 6.45) is 3.34. The van der Waals surface area contributed by atoms with Gasteiger partial charge < -0.3 is 26.6 Å². The maximum Gasteiger partial charge on any atom is 0.418 e. The van der Waals surface area contributed by atoms with Gasteiger partial charge in [0.1, 0.15) is 11.4 Å². The van der Waals surface area contributed by atoms with Crippen LogP contribution < -0.4 is 26.6 Å². The third-order valence-electron chi connectivity index (χ3n) is 5.74. The molecule has 2 aromatic carbocycles. The van der Waals surface area contributed by atoms with E-state index in [1.54, 1.807) is 18.2 Å². The molecule has 1 aliphatic heterocycles. The SMILES string of the molecule is NC(=O)c1cccc(C(=O)NC2(C(=O)NC3=CNCN3c3ccccc3C(F)(F)F)C=CC=CC2)c1. The smallest absolute Gasteiger partial charge is 0.370 e. The summed E-state index contributed by atoms with van der Waals surface area (Å²) in [6.45, 7) is -0.00226. The molecule has 0 saturated carbocycles. The number of nitrogens with two attached hydrogens (primary N) is 1. The van der Waals surface area contributed by atoms with Gasteiger partial charge in [-0.05, 0) is 36.4 Å². The fourth-order valence-corrected chi connectivity index (χ4v) is 3.92. The zero-order valence-electron chi connectivity index (χ0n) is 18.8. The fourth-order valence-electron chi connectivity index (χ4n) is 3.92. The number of allylic oxidation sites excluding steroid dienone is 2. The molecule has 4 rings (SSSR count). The lowest BCUT2D eigenvalue weighted by atomic mass is 9.89. The number of carbonyl (C=O) groups is 3. The van der Waals surface area contributed by atoms with Crippen LogP contribution in [0, 0.1) is 0 Å². The lowest BCUT2D eigenvalue weighted by Gasteiger charge is -2.33. The van der Waals surface area contributed by atoms with E-state index in [9.17, 15) is 27.6 Å². The average molecular weight is 497 g/mol. The van der Waals surface area contributed by atoms with Crippen LogP contribution >= 0.6 is 0 Å². The summed E-state index contributed by atoms with van der Waals surface area (Å²) in [5.74, 6) is -1.92. The lowest BCUT2D eigenvalue weighted by molar-refractivity contribution is -0.137. The molecule has 0 radical (unpaired) electrons. The number of hydrogen-bond donors (Lipinski definition) is 4. The maximum absolute atomic E-state index is 13.6. The van der Waals surface area contributed by atoms with Gasteiger partial charge in [0.15, 0.2) is 0 Å². The van der Waals surface area contributed by atoms with E-state index in [0.29, 0.717) is 0 Å². The van der Waals surface area contributed by atoms with Crippen LogP contribution in [0.1, 0.15) is 32.7 Å². The summed E-state index contributed by atoms with van der Waals surface area (Å²) in [5.41, 5.74) is 3.00. The molecule has 8 nitrogen and oxygen atoms in total. The summed E-state index contributed by atoms with van der Waals surface area (Å²) in [4.78, 5) is 39.3. The molecule has 0 fully saturated rings. The second-order valence-corrected chi connectivity index (χ2v) is 8.15. The van der Waals surface area contributed by atoms with Crippen molar-refractivity contribution in [2.45, 2.75) is 18.1 Å². The predicted octanol–water partition coefficient (Wildman–Crippen LogP) is 2.77. The zero-order chi connectivity index (χ0) is 25.9. The number of para-hydroxylation sites is 1. The topological polar surface area (TPSA) is 117 Å². The van der Waals surface area contributed by atoms with Gasteiger partial charge >= 0.3 is 6.18 Å². The van der Waals surface area contributed by atoms with E-state index in [1.165, 1.54) is 59.6 Å². The first-order valence-corrected chi connectivity index (χ1v) is 10.9. The minimum atomic E-state index is -4.60. The molecular weight excluding hydrogens is 475 g/mol. The van der Waals surface area contributed by atoms with Crippen LogP contribution in [0.3, 0.4) is 0 Å². The third-order valence-corrected chi connectivity index (χ3v) is 5.74. The van der Waals surface area contributed by atoms with Gasteiger partial charge in [0.05, 0.1) is 17.9 Å². The minimum absolute atomic E-state index is 0.00226. The largest absolute Gasteiger partial charge is 0.418 e. The van der Waals surface area contributed by atoms with Crippen molar-refractivity contribution in [3.63, 3.8) is 0 Å². The highest BCUT2D eigenvalue weighted by Gasteiger charge is 2.40. The number of anilines is 1. The number of alkyl halides is 3. The van der Waals surface area contributed by atoms with E-state index in [4.69, 9.17) is 5.73 Å². The van der Waals surface area contributed by atoms with Crippen molar-refractivity contribution in [2.24, 2.45) is 5.73 Å². The molecule has 1 unspecified atom stereocenters. The number of halogens is 3. The number of benzene rings is 2. The first kappa shape index (κ1) is 24.6. The standard InChI is InChI=1S/C25H22F3N5O3/c26-25(27,28)18-9-2-3-10-19(18)33-15-30-14-20(33)31-23(36)24(11-4-1-5-12-24)32-22(35)17-8-6-7-16(13-17)21(29)34/h1-11,13-14,30H,12,15H2,(H2,29,34)(H,31,36)(H,32,35). The quantitative estimate of drug-likeness (QED) is 0.490. The van der Waals surface area contributed by atoms with Crippen LogP contribution in [0.15, 0.2) is 84.9 Å². The Morgan fingerprint density at radius 1 is 1.03 bits per heavy atom. The normalized spacial score (nSPS) is 18.9. The number of nitrogens with zero attached hydrogens (tertiary/aromatic N) is 1. The van der Waals surface area contributed by atoms with Crippen LogP contribution in [0.25, 0.3) is 0 Å². The number of primary amides is 1. The maximum atomic E-state index is 13.6. The van der Waals surface area contributed by atoms with Crippen molar-refractivity contribution < 1.29 is 27.6 Å². The van der Waals surface area contributed by atoms with Crippen molar-refractivity contribution in [3.8, 4) is 0 Å². The van der Waals surface area contributed by atoms with Gasteiger partial charge in [-0.15, -0.1) is 0 Å². The molecule has 0 spiro atoms. The summed E-state index contributed by atoms with van der Waals surface area (Å²) >= 11 is 0. The van der Waals surface area contributed by atoms with Crippen molar-refractivity contribution >= 4 is 23.4 Å². The van der Waals surface area contributed by atoms with Gasteiger partial charge in [0.2, 0.25) is 5.91 Å². The molecule has 2 aromatic rings. The van der Waals surface area contributed by atoms with E-state index in [0.717, 1.165) is 6.07 Å². The Kier molecular flexibility index (Phi) is 6.56. The minimum Gasteiger partial charge on any atom is -0.370 e. The second kappa shape index (κ2) is 9.61. The molecule has 0 aromatic heterocycles. The molecule has 2 aliphatic rings. The van der Waals surface area contributed by atoms with Crippen molar-refractivity contribution in [1.29, 1.82) is 0 Å². The number of rotatable bonds is 6. The highest BCUT2D eigenvalue weighted by atomic mass is 19.4. The molecule has 36 heavy (non-hydrogen) atoms. The van der Waals surface area contributed by atoms with Gasteiger partial charge in [0, 0.05) is 23.7 Å². The van der Waals surface area contributed by atoms with Gasteiger partial charge in [0.25, 0.3) is 11.8 Å². The van der Waals surface area contributed by atoms with Crippen molar-refractivity contribution in [1.82, 2.24) is 16.0 Å². The number of carbonyl (C=O) groups excluding carboxylic acids is 3. The number of amides is 3.